The van der Waals surface area contributed by atoms with Gasteiger partial charge in [0.05, 0.1) is 17.6 Å². The second-order valence-corrected chi connectivity index (χ2v) is 10.2. The SMILES string of the molecule is CCc1sc(-c2nnc(COC(=O)c3ccc(OC)c(S(=O)(=O)NC4CC4)c3)o2)cc1C. The smallest absolute Gasteiger partial charge is 0.338 e. The van der Waals surface area contributed by atoms with Crippen LogP contribution in [0.5, 0.6) is 5.75 Å². The van der Waals surface area contributed by atoms with Crippen molar-refractivity contribution in [2.75, 3.05) is 7.11 Å². The molecule has 0 radical (unpaired) electrons. The van der Waals surface area contributed by atoms with Crippen molar-refractivity contribution in [3.63, 3.8) is 0 Å². The molecule has 0 atom stereocenters. The second kappa shape index (κ2) is 9.00. The third-order valence-electron chi connectivity index (χ3n) is 4.93. The van der Waals surface area contributed by atoms with Gasteiger partial charge in [0, 0.05) is 10.9 Å². The lowest BCUT2D eigenvalue weighted by molar-refractivity contribution is 0.0438. The lowest BCUT2D eigenvalue weighted by Gasteiger charge is -2.11. The van der Waals surface area contributed by atoms with Crippen molar-refractivity contribution in [2.45, 2.75) is 50.7 Å². The van der Waals surface area contributed by atoms with Gasteiger partial charge in [-0.05, 0) is 56.0 Å². The third-order valence-corrected chi connectivity index (χ3v) is 7.85. The van der Waals surface area contributed by atoms with Crippen LogP contribution in [0.15, 0.2) is 33.6 Å². The number of ether oxygens (including phenoxy) is 2. The van der Waals surface area contributed by atoms with Crippen molar-refractivity contribution in [2.24, 2.45) is 0 Å². The van der Waals surface area contributed by atoms with Crippen LogP contribution in [-0.4, -0.2) is 37.7 Å². The van der Waals surface area contributed by atoms with E-state index < -0.39 is 16.0 Å². The van der Waals surface area contributed by atoms with Crippen LogP contribution in [-0.2, 0) is 27.8 Å². The highest BCUT2D eigenvalue weighted by Gasteiger charge is 2.30. The number of esters is 1. The molecule has 2 heterocycles. The Balaban J connectivity index is 1.46. The summed E-state index contributed by atoms with van der Waals surface area (Å²) in [5.41, 5.74) is 1.24. The van der Waals surface area contributed by atoms with Crippen LogP contribution in [0.4, 0.5) is 0 Å². The maximum atomic E-state index is 12.6. The van der Waals surface area contributed by atoms with Crippen LogP contribution in [0, 0.1) is 6.92 Å². The monoisotopic (exact) mass is 477 g/mol. The average molecular weight is 478 g/mol. The standard InChI is InChI=1S/C21H23N3O6S2/c1-4-16-12(2)9-17(31-16)20-23-22-19(30-20)11-29-21(25)13-5-8-15(28-3)18(10-13)32(26,27)24-14-6-7-14/h5,8-10,14,24H,4,6-7,11H2,1-3H3. The minimum Gasteiger partial charge on any atom is -0.495 e. The highest BCUT2D eigenvalue weighted by molar-refractivity contribution is 7.89. The molecule has 9 nitrogen and oxygen atoms in total. The van der Waals surface area contributed by atoms with Crippen LogP contribution < -0.4 is 9.46 Å². The van der Waals surface area contributed by atoms with Crippen molar-refractivity contribution in [1.82, 2.24) is 14.9 Å². The average Bonchev–Trinajstić information content (AvgIpc) is 3.31. The van der Waals surface area contributed by atoms with E-state index in [-0.39, 0.29) is 34.7 Å². The van der Waals surface area contributed by atoms with E-state index in [0.29, 0.717) is 5.89 Å². The number of sulfonamides is 1. The number of methoxy groups -OCH3 is 1. The van der Waals surface area contributed by atoms with Gasteiger partial charge in [0.15, 0.2) is 6.61 Å². The molecule has 0 amide bonds. The maximum absolute atomic E-state index is 12.6. The number of nitrogens with one attached hydrogen (secondary N) is 1. The molecule has 170 valence electrons. The number of hydrogen-bond donors (Lipinski definition) is 1. The van der Waals surface area contributed by atoms with Crippen LogP contribution in [0.3, 0.4) is 0 Å². The summed E-state index contributed by atoms with van der Waals surface area (Å²) in [6.07, 6.45) is 2.51. The molecule has 1 aliphatic rings. The van der Waals surface area contributed by atoms with Crippen LogP contribution >= 0.6 is 11.3 Å². The number of carbonyl (C=O) groups is 1. The summed E-state index contributed by atoms with van der Waals surface area (Å²) in [5, 5.41) is 7.96. The summed E-state index contributed by atoms with van der Waals surface area (Å²) in [6.45, 7) is 3.88. The van der Waals surface area contributed by atoms with Crippen LogP contribution in [0.25, 0.3) is 10.8 Å². The number of aryl methyl sites for hydroxylation is 2. The summed E-state index contributed by atoms with van der Waals surface area (Å²) in [7, 11) is -2.45. The molecule has 4 rings (SSSR count). The molecule has 11 heteroatoms. The Kier molecular flexibility index (Phi) is 6.31. The first kappa shape index (κ1) is 22.4. The van der Waals surface area contributed by atoms with Crippen molar-refractivity contribution in [1.29, 1.82) is 0 Å². The minimum atomic E-state index is -3.82. The molecule has 3 aromatic rings. The van der Waals surface area contributed by atoms with Gasteiger partial charge < -0.3 is 13.9 Å². The van der Waals surface area contributed by atoms with Gasteiger partial charge in [-0.2, -0.15) is 0 Å². The van der Waals surface area contributed by atoms with Gasteiger partial charge in [0.2, 0.25) is 10.0 Å². The number of nitrogens with zero attached hydrogens (tertiary/aromatic N) is 2. The predicted octanol–water partition coefficient (Wildman–Crippen LogP) is 3.48. The molecule has 32 heavy (non-hydrogen) atoms. The summed E-state index contributed by atoms with van der Waals surface area (Å²) in [4.78, 5) is 14.5. The molecule has 1 saturated carbocycles. The summed E-state index contributed by atoms with van der Waals surface area (Å²) in [6, 6.07) is 6.02. The lowest BCUT2D eigenvalue weighted by Crippen LogP contribution is -2.26. The molecular weight excluding hydrogens is 454 g/mol. The van der Waals surface area contributed by atoms with E-state index >= 15 is 0 Å². The largest absolute Gasteiger partial charge is 0.495 e. The highest BCUT2D eigenvalue weighted by Crippen LogP contribution is 2.31. The lowest BCUT2D eigenvalue weighted by atomic mass is 10.2. The molecule has 1 aliphatic carbocycles. The maximum Gasteiger partial charge on any atom is 0.338 e. The van der Waals surface area contributed by atoms with E-state index in [1.807, 2.05) is 13.0 Å². The summed E-state index contributed by atoms with van der Waals surface area (Å²) in [5.74, 6) is -0.0496. The fourth-order valence-corrected chi connectivity index (χ4v) is 5.63. The number of benzene rings is 1. The fraction of sp³-hybridized carbons (Fsp3) is 0.381. The number of thiophene rings is 1. The normalized spacial score (nSPS) is 13.8. The quantitative estimate of drug-likeness (QED) is 0.465. The van der Waals surface area contributed by atoms with Crippen molar-refractivity contribution in [3.05, 3.63) is 46.2 Å². The Labute approximate surface area is 189 Å². The van der Waals surface area contributed by atoms with Gasteiger partial charge in [0.1, 0.15) is 10.6 Å². The Morgan fingerprint density at radius 1 is 1.28 bits per heavy atom. The van der Waals surface area contributed by atoms with Gasteiger partial charge in [-0.1, -0.05) is 6.92 Å². The van der Waals surface area contributed by atoms with E-state index in [1.165, 1.54) is 35.7 Å². The first-order valence-corrected chi connectivity index (χ1v) is 12.4. The van der Waals surface area contributed by atoms with Crippen molar-refractivity contribution in [3.8, 4) is 16.5 Å². The number of carbonyl (C=O) groups excluding carboxylic acids is 1. The van der Waals surface area contributed by atoms with E-state index in [0.717, 1.165) is 24.1 Å². The highest BCUT2D eigenvalue weighted by atomic mass is 32.2. The Hall–Kier alpha value is -2.76. The third kappa shape index (κ3) is 4.84. The molecule has 0 bridgehead atoms. The summed E-state index contributed by atoms with van der Waals surface area (Å²) < 4.78 is 43.9. The molecule has 0 unspecified atom stereocenters. The zero-order valence-electron chi connectivity index (χ0n) is 17.9. The van der Waals surface area contributed by atoms with E-state index in [9.17, 15) is 13.2 Å². The van der Waals surface area contributed by atoms with Crippen LogP contribution in [0.2, 0.25) is 0 Å². The molecule has 1 N–H and O–H groups in total. The minimum absolute atomic E-state index is 0.0724. The Morgan fingerprint density at radius 2 is 2.06 bits per heavy atom. The van der Waals surface area contributed by atoms with E-state index in [1.54, 1.807) is 11.3 Å². The molecule has 1 fully saturated rings. The molecule has 1 aromatic carbocycles. The molecule has 0 aliphatic heterocycles. The Morgan fingerprint density at radius 3 is 2.72 bits per heavy atom. The first-order chi connectivity index (χ1) is 15.3. The molecular formula is C21H23N3O6S2. The molecule has 2 aromatic heterocycles. The van der Waals surface area contributed by atoms with Crippen molar-refractivity contribution >= 4 is 27.3 Å². The molecule has 0 spiro atoms. The van der Waals surface area contributed by atoms with E-state index in [4.69, 9.17) is 13.9 Å². The first-order valence-electron chi connectivity index (χ1n) is 10.1. The topological polar surface area (TPSA) is 121 Å². The number of aromatic nitrogens is 2. The predicted molar refractivity (Wildman–Crippen MR) is 117 cm³/mol. The zero-order chi connectivity index (χ0) is 22.9. The van der Waals surface area contributed by atoms with Gasteiger partial charge in [0.25, 0.3) is 11.8 Å². The van der Waals surface area contributed by atoms with E-state index in [2.05, 4.69) is 21.8 Å². The second-order valence-electron chi connectivity index (χ2n) is 7.41. The molecule has 0 saturated heterocycles. The number of hydrogen-bond acceptors (Lipinski definition) is 9. The summed E-state index contributed by atoms with van der Waals surface area (Å²) >= 11 is 1.58. The Bertz CT molecular complexity index is 1240. The van der Waals surface area contributed by atoms with Crippen LogP contribution in [0.1, 0.15) is 46.5 Å². The van der Waals surface area contributed by atoms with Gasteiger partial charge in [-0.15, -0.1) is 21.5 Å². The van der Waals surface area contributed by atoms with Gasteiger partial charge in [-0.25, -0.2) is 17.9 Å². The zero-order valence-corrected chi connectivity index (χ0v) is 19.5. The van der Waals surface area contributed by atoms with Gasteiger partial charge in [-0.3, -0.25) is 0 Å². The van der Waals surface area contributed by atoms with Gasteiger partial charge >= 0.3 is 5.97 Å². The fourth-order valence-electron chi connectivity index (χ4n) is 3.10. The number of rotatable bonds is 9. The van der Waals surface area contributed by atoms with Crippen molar-refractivity contribution < 1.29 is 27.1 Å².